The van der Waals surface area contributed by atoms with E-state index in [2.05, 4.69) is 5.32 Å². The molecule has 45 heavy (non-hydrogen) atoms. The lowest BCUT2D eigenvalue weighted by Gasteiger charge is -2.30. The van der Waals surface area contributed by atoms with Crippen LogP contribution in [0, 0.1) is 17.8 Å². The van der Waals surface area contributed by atoms with Gasteiger partial charge in [0.05, 0.1) is 5.69 Å². The number of para-hydroxylation sites is 1. The number of ketones is 1. The van der Waals surface area contributed by atoms with Gasteiger partial charge in [0.15, 0.2) is 5.78 Å². The van der Waals surface area contributed by atoms with Crippen molar-refractivity contribution in [3.05, 3.63) is 120 Å². The Morgan fingerprint density at radius 2 is 1.44 bits per heavy atom. The van der Waals surface area contributed by atoms with Crippen LogP contribution < -0.4 is 16.0 Å². The molecule has 0 bridgehead atoms. The van der Waals surface area contributed by atoms with E-state index in [1.54, 1.807) is 41.3 Å². The zero-order valence-electron chi connectivity index (χ0n) is 25.9. The Kier molecular flexibility index (Phi) is 9.57. The normalized spacial score (nSPS) is 15.4. The lowest BCUT2D eigenvalue weighted by Crippen LogP contribution is -2.46. The predicted octanol–water partition coefficient (Wildman–Crippen LogP) is 6.98. The molecule has 3 atom stereocenters. The number of hydrogen-bond donors (Lipinski definition) is 2. The number of benzene rings is 4. The first-order valence-electron chi connectivity index (χ1n) is 15.5. The molecule has 1 heterocycles. The van der Waals surface area contributed by atoms with E-state index in [0.29, 0.717) is 47.3 Å². The maximum atomic E-state index is 14.8. The van der Waals surface area contributed by atoms with Crippen molar-refractivity contribution in [2.24, 2.45) is 23.5 Å². The molecule has 7 nitrogen and oxygen atoms in total. The molecule has 0 aromatic heterocycles. The lowest BCUT2D eigenvalue weighted by molar-refractivity contribution is -0.136. The second kappa shape index (κ2) is 13.7. The molecule has 0 saturated heterocycles. The van der Waals surface area contributed by atoms with E-state index in [4.69, 9.17) is 5.73 Å². The maximum absolute atomic E-state index is 14.8. The van der Waals surface area contributed by atoms with E-state index in [9.17, 15) is 19.2 Å². The Bertz CT molecular complexity index is 1720. The van der Waals surface area contributed by atoms with Crippen LogP contribution in [0.25, 0.3) is 11.1 Å². The van der Waals surface area contributed by atoms with Crippen LogP contribution in [0.15, 0.2) is 103 Å². The molecule has 4 aromatic rings. The van der Waals surface area contributed by atoms with E-state index in [1.165, 1.54) is 0 Å². The highest BCUT2D eigenvalue weighted by molar-refractivity contribution is 6.13. The summed E-state index contributed by atoms with van der Waals surface area (Å²) in [6.45, 7) is 5.95. The SMILES string of the molecule is CCC[C@H](C(N)=O)[C@@H](CC(C)C)C(=O)NC1C(=O)N(c2cccc(C(=O)c3ccccc3)c2)c2ccccc2-c2ccccc21. The molecule has 0 fully saturated rings. The number of carbonyl (C=O) groups is 4. The third-order valence-electron chi connectivity index (χ3n) is 8.38. The van der Waals surface area contributed by atoms with Gasteiger partial charge in [-0.2, -0.15) is 0 Å². The fourth-order valence-electron chi connectivity index (χ4n) is 6.28. The molecule has 0 aliphatic carbocycles. The van der Waals surface area contributed by atoms with Gasteiger partial charge in [0.2, 0.25) is 11.8 Å². The van der Waals surface area contributed by atoms with Crippen LogP contribution >= 0.6 is 0 Å². The second-order valence-corrected chi connectivity index (χ2v) is 12.0. The number of primary amides is 1. The Balaban J connectivity index is 1.61. The first kappa shape index (κ1) is 31.4. The summed E-state index contributed by atoms with van der Waals surface area (Å²) in [4.78, 5) is 56.4. The van der Waals surface area contributed by atoms with Crippen LogP contribution in [0.5, 0.6) is 0 Å². The fraction of sp³-hybridized carbons (Fsp3) is 0.263. The minimum Gasteiger partial charge on any atom is -0.369 e. The molecule has 5 rings (SSSR count). The summed E-state index contributed by atoms with van der Waals surface area (Å²) in [6, 6.07) is 30.1. The minimum absolute atomic E-state index is 0.127. The monoisotopic (exact) mass is 601 g/mol. The van der Waals surface area contributed by atoms with Gasteiger partial charge in [-0.1, -0.05) is 112 Å². The van der Waals surface area contributed by atoms with E-state index >= 15 is 0 Å². The van der Waals surface area contributed by atoms with Gasteiger partial charge in [-0.05, 0) is 48.1 Å². The number of nitrogens with one attached hydrogen (secondary N) is 1. The van der Waals surface area contributed by atoms with Crippen LogP contribution in [0.3, 0.4) is 0 Å². The number of carbonyl (C=O) groups excluding carboxylic acids is 4. The van der Waals surface area contributed by atoms with Gasteiger partial charge in [-0.25, -0.2) is 0 Å². The molecule has 1 aliphatic rings. The standard InChI is InChI=1S/C38H39N3O4/c1-4-13-31(36(39)43)32(22-24(2)3)37(44)40-34-30-20-9-8-18-28(30)29-19-10-11-21-33(29)41(38(34)45)27-17-12-16-26(23-27)35(42)25-14-6-5-7-15-25/h5-12,14-21,23-24,31-32,34H,4,13,22H2,1-3H3,(H2,39,43)(H,40,44)/t31-,32+,34?/m0/s1. The maximum Gasteiger partial charge on any atom is 0.258 e. The van der Waals surface area contributed by atoms with Gasteiger partial charge in [0.1, 0.15) is 6.04 Å². The van der Waals surface area contributed by atoms with Crippen molar-refractivity contribution in [3.63, 3.8) is 0 Å². The summed E-state index contributed by atoms with van der Waals surface area (Å²) in [7, 11) is 0. The van der Waals surface area contributed by atoms with Crippen LogP contribution in [-0.4, -0.2) is 23.5 Å². The summed E-state index contributed by atoms with van der Waals surface area (Å²) >= 11 is 0. The Morgan fingerprint density at radius 3 is 2.13 bits per heavy atom. The van der Waals surface area contributed by atoms with Gasteiger partial charge >= 0.3 is 0 Å². The molecular weight excluding hydrogens is 562 g/mol. The summed E-state index contributed by atoms with van der Waals surface area (Å²) in [5.74, 6) is -2.64. The van der Waals surface area contributed by atoms with Crippen molar-refractivity contribution in [2.45, 2.75) is 46.1 Å². The molecule has 3 amide bonds. The Labute approximate surface area is 264 Å². The minimum atomic E-state index is -1.06. The molecule has 0 saturated carbocycles. The molecule has 230 valence electrons. The average molecular weight is 602 g/mol. The summed E-state index contributed by atoms with van der Waals surface area (Å²) < 4.78 is 0. The van der Waals surface area contributed by atoms with Gasteiger partial charge in [-0.3, -0.25) is 24.1 Å². The Morgan fingerprint density at radius 1 is 0.800 bits per heavy atom. The zero-order chi connectivity index (χ0) is 32.1. The summed E-state index contributed by atoms with van der Waals surface area (Å²) in [5.41, 5.74) is 10.2. The average Bonchev–Trinajstić information content (AvgIpc) is 3.15. The molecule has 3 N–H and O–H groups in total. The Hall–Kier alpha value is -5.04. The first-order chi connectivity index (χ1) is 21.7. The molecule has 7 heteroatoms. The predicted molar refractivity (Wildman–Crippen MR) is 177 cm³/mol. The van der Waals surface area contributed by atoms with E-state index in [0.717, 1.165) is 11.1 Å². The molecule has 1 unspecified atom stereocenters. The third kappa shape index (κ3) is 6.58. The third-order valence-corrected chi connectivity index (χ3v) is 8.38. The topological polar surface area (TPSA) is 110 Å². The number of amides is 3. The number of rotatable bonds is 11. The molecule has 0 radical (unpaired) electrons. The van der Waals surface area contributed by atoms with Crippen LogP contribution in [0.4, 0.5) is 11.4 Å². The number of anilines is 2. The molecule has 4 aromatic carbocycles. The molecular formula is C38H39N3O4. The van der Waals surface area contributed by atoms with Gasteiger partial charge in [0, 0.05) is 34.2 Å². The highest BCUT2D eigenvalue weighted by Gasteiger charge is 2.39. The number of fused-ring (bicyclic) bond motifs is 3. The van der Waals surface area contributed by atoms with Gasteiger partial charge in [0.25, 0.3) is 5.91 Å². The lowest BCUT2D eigenvalue weighted by atomic mass is 9.81. The van der Waals surface area contributed by atoms with Crippen LogP contribution in [-0.2, 0) is 14.4 Å². The number of nitrogens with two attached hydrogens (primary N) is 1. The zero-order valence-corrected chi connectivity index (χ0v) is 25.9. The number of nitrogens with zero attached hydrogens (tertiary/aromatic N) is 1. The highest BCUT2D eigenvalue weighted by atomic mass is 16.2. The molecule has 0 spiro atoms. The summed E-state index contributed by atoms with van der Waals surface area (Å²) in [6.07, 6.45) is 1.63. The second-order valence-electron chi connectivity index (χ2n) is 12.0. The van der Waals surface area contributed by atoms with Crippen molar-refractivity contribution in [1.29, 1.82) is 0 Å². The number of hydrogen-bond acceptors (Lipinski definition) is 4. The van der Waals surface area contributed by atoms with Crippen molar-refractivity contribution in [3.8, 4) is 11.1 Å². The van der Waals surface area contributed by atoms with E-state index in [1.807, 2.05) is 87.5 Å². The fourth-order valence-corrected chi connectivity index (χ4v) is 6.28. The van der Waals surface area contributed by atoms with Gasteiger partial charge < -0.3 is 11.1 Å². The van der Waals surface area contributed by atoms with Crippen molar-refractivity contribution >= 4 is 34.9 Å². The smallest absolute Gasteiger partial charge is 0.258 e. The highest BCUT2D eigenvalue weighted by Crippen LogP contribution is 2.43. The largest absolute Gasteiger partial charge is 0.369 e. The van der Waals surface area contributed by atoms with E-state index < -0.39 is 23.8 Å². The van der Waals surface area contributed by atoms with E-state index in [-0.39, 0.29) is 23.5 Å². The van der Waals surface area contributed by atoms with Crippen molar-refractivity contribution < 1.29 is 19.2 Å². The van der Waals surface area contributed by atoms with Crippen molar-refractivity contribution in [1.82, 2.24) is 5.32 Å². The first-order valence-corrected chi connectivity index (χ1v) is 15.5. The van der Waals surface area contributed by atoms with Crippen LogP contribution in [0.2, 0.25) is 0 Å². The quantitative estimate of drug-likeness (QED) is 0.181. The molecule has 1 aliphatic heterocycles. The van der Waals surface area contributed by atoms with Gasteiger partial charge in [-0.15, -0.1) is 0 Å². The van der Waals surface area contributed by atoms with Crippen molar-refractivity contribution in [2.75, 3.05) is 4.90 Å². The van der Waals surface area contributed by atoms with Crippen LogP contribution in [0.1, 0.15) is 67.6 Å². The summed E-state index contributed by atoms with van der Waals surface area (Å²) in [5, 5.41) is 3.06.